The van der Waals surface area contributed by atoms with E-state index < -0.39 is 0 Å². The lowest BCUT2D eigenvalue weighted by molar-refractivity contribution is 0.103. The minimum absolute atomic E-state index is 0.0726. The zero-order valence-corrected chi connectivity index (χ0v) is 13.1. The second kappa shape index (κ2) is 8.96. The van der Waals surface area contributed by atoms with Crippen molar-refractivity contribution in [3.63, 3.8) is 0 Å². The zero-order valence-electron chi connectivity index (χ0n) is 13.1. The summed E-state index contributed by atoms with van der Waals surface area (Å²) in [5.41, 5.74) is 0.812. The van der Waals surface area contributed by atoms with E-state index in [1.54, 1.807) is 36.4 Å². The number of ketones is 1. The molecule has 23 heavy (non-hydrogen) atoms. The second-order valence-electron chi connectivity index (χ2n) is 5.36. The third kappa shape index (κ3) is 5.11. The first-order valence-electron chi connectivity index (χ1n) is 7.89. The van der Waals surface area contributed by atoms with Crippen molar-refractivity contribution in [3.8, 4) is 11.5 Å². The molecule has 0 aliphatic carbocycles. The molecule has 4 heteroatoms. The summed E-state index contributed by atoms with van der Waals surface area (Å²) in [7, 11) is 0. The number of rotatable bonds is 9. The molecule has 2 aromatic rings. The highest BCUT2D eigenvalue weighted by Gasteiger charge is 2.13. The van der Waals surface area contributed by atoms with Gasteiger partial charge in [0.1, 0.15) is 11.5 Å². The molecule has 0 unspecified atom stereocenters. The number of carbonyl (C=O) groups excluding carboxylic acids is 1. The lowest BCUT2D eigenvalue weighted by atomic mass is 10.0. The van der Waals surface area contributed by atoms with Crippen molar-refractivity contribution < 1.29 is 19.7 Å². The number of hydrogen-bond acceptors (Lipinski definition) is 4. The quantitative estimate of drug-likeness (QED) is 0.548. The van der Waals surface area contributed by atoms with Gasteiger partial charge in [0.15, 0.2) is 5.78 Å². The Morgan fingerprint density at radius 3 is 2.39 bits per heavy atom. The molecule has 0 fully saturated rings. The van der Waals surface area contributed by atoms with Crippen LogP contribution in [0.15, 0.2) is 48.5 Å². The molecule has 0 aliphatic heterocycles. The number of aliphatic hydroxyl groups excluding tert-OH is 1. The van der Waals surface area contributed by atoms with Gasteiger partial charge in [-0.05, 0) is 31.4 Å². The number of aromatic hydroxyl groups is 1. The summed E-state index contributed by atoms with van der Waals surface area (Å²) in [5, 5.41) is 18.8. The smallest absolute Gasteiger partial charge is 0.196 e. The van der Waals surface area contributed by atoms with Gasteiger partial charge in [0, 0.05) is 18.2 Å². The van der Waals surface area contributed by atoms with E-state index in [0.29, 0.717) is 17.9 Å². The van der Waals surface area contributed by atoms with Gasteiger partial charge in [-0.1, -0.05) is 36.8 Å². The normalized spacial score (nSPS) is 10.5. The van der Waals surface area contributed by atoms with E-state index in [-0.39, 0.29) is 23.7 Å². The van der Waals surface area contributed by atoms with Crippen LogP contribution in [0.25, 0.3) is 0 Å². The summed E-state index contributed by atoms with van der Waals surface area (Å²) in [6.07, 6.45) is 3.69. The first kappa shape index (κ1) is 17.0. The van der Waals surface area contributed by atoms with Crippen LogP contribution < -0.4 is 4.74 Å². The van der Waals surface area contributed by atoms with E-state index in [1.165, 1.54) is 6.07 Å². The molecule has 0 saturated carbocycles. The largest absolute Gasteiger partial charge is 0.507 e. The molecule has 0 atom stereocenters. The molecule has 0 aromatic heterocycles. The topological polar surface area (TPSA) is 66.8 Å². The highest BCUT2D eigenvalue weighted by molar-refractivity contribution is 6.10. The molecule has 2 N–H and O–H groups in total. The molecule has 0 amide bonds. The first-order valence-corrected chi connectivity index (χ1v) is 7.89. The average Bonchev–Trinajstić information content (AvgIpc) is 2.58. The van der Waals surface area contributed by atoms with Crippen molar-refractivity contribution in [1.82, 2.24) is 0 Å². The van der Waals surface area contributed by atoms with Crippen LogP contribution in [-0.4, -0.2) is 29.2 Å². The monoisotopic (exact) mass is 314 g/mol. The van der Waals surface area contributed by atoms with Crippen molar-refractivity contribution in [2.75, 3.05) is 13.2 Å². The highest BCUT2D eigenvalue weighted by Crippen LogP contribution is 2.26. The molecule has 0 bridgehead atoms. The second-order valence-corrected chi connectivity index (χ2v) is 5.36. The van der Waals surface area contributed by atoms with Crippen LogP contribution in [0.5, 0.6) is 11.5 Å². The Morgan fingerprint density at radius 1 is 0.957 bits per heavy atom. The number of phenolic OH excluding ortho intramolecular Hbond substituents is 1. The standard InChI is InChI=1S/C19H22O4/c20-12-6-1-2-7-13-23-16-10-11-17(18(21)14-16)19(22)15-8-4-3-5-9-15/h3-5,8-11,14,20-21H,1-2,6-7,12-13H2. The van der Waals surface area contributed by atoms with Gasteiger partial charge in [0.25, 0.3) is 0 Å². The summed E-state index contributed by atoms with van der Waals surface area (Å²) in [4.78, 5) is 12.3. The molecule has 0 saturated heterocycles. The van der Waals surface area contributed by atoms with Crippen molar-refractivity contribution in [2.24, 2.45) is 0 Å². The van der Waals surface area contributed by atoms with E-state index in [1.807, 2.05) is 6.07 Å². The molecule has 2 rings (SSSR count). The first-order chi connectivity index (χ1) is 11.2. The predicted octanol–water partition coefficient (Wildman–Crippen LogP) is 3.55. The van der Waals surface area contributed by atoms with E-state index in [4.69, 9.17) is 9.84 Å². The number of aliphatic hydroxyl groups is 1. The van der Waals surface area contributed by atoms with Gasteiger partial charge in [-0.3, -0.25) is 4.79 Å². The fourth-order valence-electron chi connectivity index (χ4n) is 2.30. The predicted molar refractivity (Wildman–Crippen MR) is 89.0 cm³/mol. The van der Waals surface area contributed by atoms with Gasteiger partial charge in [0.2, 0.25) is 0 Å². The minimum Gasteiger partial charge on any atom is -0.507 e. The molecule has 4 nitrogen and oxygen atoms in total. The number of unbranched alkanes of at least 4 members (excludes halogenated alkanes) is 3. The lowest BCUT2D eigenvalue weighted by Crippen LogP contribution is -2.02. The van der Waals surface area contributed by atoms with Crippen molar-refractivity contribution in [2.45, 2.75) is 25.7 Å². The Hall–Kier alpha value is -2.33. The average molecular weight is 314 g/mol. The third-order valence-electron chi connectivity index (χ3n) is 3.57. The van der Waals surface area contributed by atoms with E-state index in [2.05, 4.69) is 0 Å². The van der Waals surface area contributed by atoms with Gasteiger partial charge in [-0.25, -0.2) is 0 Å². The molecule has 0 heterocycles. The number of phenols is 1. The fourth-order valence-corrected chi connectivity index (χ4v) is 2.30. The third-order valence-corrected chi connectivity index (χ3v) is 3.57. The van der Waals surface area contributed by atoms with E-state index in [9.17, 15) is 9.90 Å². The molecule has 122 valence electrons. The van der Waals surface area contributed by atoms with Crippen LogP contribution >= 0.6 is 0 Å². The molecular weight excluding hydrogens is 292 g/mol. The molecule has 0 aliphatic rings. The number of hydrogen-bond donors (Lipinski definition) is 2. The van der Waals surface area contributed by atoms with Crippen LogP contribution in [0.3, 0.4) is 0 Å². The van der Waals surface area contributed by atoms with Crippen LogP contribution in [0, 0.1) is 0 Å². The molecule has 0 spiro atoms. The Balaban J connectivity index is 1.92. The van der Waals surface area contributed by atoms with Crippen LogP contribution in [0.2, 0.25) is 0 Å². The zero-order chi connectivity index (χ0) is 16.5. The molecule has 0 radical (unpaired) electrons. The number of ether oxygens (including phenoxy) is 1. The maximum atomic E-state index is 12.3. The summed E-state index contributed by atoms with van der Waals surface area (Å²) in [6, 6.07) is 13.6. The van der Waals surface area contributed by atoms with E-state index in [0.717, 1.165) is 25.7 Å². The number of benzene rings is 2. The van der Waals surface area contributed by atoms with Gasteiger partial charge in [-0.15, -0.1) is 0 Å². The molecular formula is C19H22O4. The molecule has 2 aromatic carbocycles. The summed E-state index contributed by atoms with van der Waals surface area (Å²) < 4.78 is 5.57. The Kier molecular flexibility index (Phi) is 6.63. The van der Waals surface area contributed by atoms with Gasteiger partial charge in [0.05, 0.1) is 12.2 Å². The van der Waals surface area contributed by atoms with Gasteiger partial charge in [-0.2, -0.15) is 0 Å². The summed E-state index contributed by atoms with van der Waals surface area (Å²) in [6.45, 7) is 0.780. The van der Waals surface area contributed by atoms with Crippen LogP contribution in [0.4, 0.5) is 0 Å². The highest BCUT2D eigenvalue weighted by atomic mass is 16.5. The SMILES string of the molecule is O=C(c1ccccc1)c1ccc(OCCCCCCO)cc1O. The fraction of sp³-hybridized carbons (Fsp3) is 0.316. The lowest BCUT2D eigenvalue weighted by Gasteiger charge is -2.09. The number of carbonyl (C=O) groups is 1. The maximum Gasteiger partial charge on any atom is 0.196 e. The van der Waals surface area contributed by atoms with Crippen LogP contribution in [-0.2, 0) is 0 Å². The van der Waals surface area contributed by atoms with Crippen molar-refractivity contribution in [1.29, 1.82) is 0 Å². The van der Waals surface area contributed by atoms with Gasteiger partial charge < -0.3 is 14.9 Å². The minimum atomic E-state index is -0.210. The van der Waals surface area contributed by atoms with Crippen molar-refractivity contribution in [3.05, 3.63) is 59.7 Å². The Morgan fingerprint density at radius 2 is 1.70 bits per heavy atom. The Labute approximate surface area is 136 Å². The Bertz CT molecular complexity index is 623. The van der Waals surface area contributed by atoms with Gasteiger partial charge >= 0.3 is 0 Å². The van der Waals surface area contributed by atoms with E-state index >= 15 is 0 Å². The summed E-state index contributed by atoms with van der Waals surface area (Å²) in [5.74, 6) is 0.268. The summed E-state index contributed by atoms with van der Waals surface area (Å²) >= 11 is 0. The van der Waals surface area contributed by atoms with Crippen LogP contribution in [0.1, 0.15) is 41.6 Å². The maximum absolute atomic E-state index is 12.3. The van der Waals surface area contributed by atoms with Crippen molar-refractivity contribution >= 4 is 5.78 Å².